The summed E-state index contributed by atoms with van der Waals surface area (Å²) in [7, 11) is 0. The summed E-state index contributed by atoms with van der Waals surface area (Å²) in [5, 5.41) is 9.44. The molecule has 0 fully saturated rings. The Hall–Kier alpha value is -1.05. The number of hydrogen-bond donors (Lipinski definition) is 1. The smallest absolute Gasteiger partial charge is 0.168 e. The van der Waals surface area contributed by atoms with Gasteiger partial charge in [-0.05, 0) is 13.3 Å². The van der Waals surface area contributed by atoms with Crippen molar-refractivity contribution in [1.82, 2.24) is 0 Å². The lowest BCUT2D eigenvalue weighted by Crippen LogP contribution is -2.21. The monoisotopic (exact) mass is 150 g/mol. The van der Waals surface area contributed by atoms with Crippen molar-refractivity contribution < 1.29 is 9.90 Å². The Morgan fingerprint density at radius 3 is 2.82 bits per heavy atom. The van der Waals surface area contributed by atoms with Gasteiger partial charge in [-0.3, -0.25) is 4.79 Å². The SMILES string of the molecule is CC1=C(O)C2C=CC(C2)C1=O. The van der Waals surface area contributed by atoms with Crippen molar-refractivity contribution >= 4 is 5.78 Å². The van der Waals surface area contributed by atoms with Crippen LogP contribution in [0.1, 0.15) is 13.3 Å². The number of aliphatic hydroxyl groups excluding tert-OH is 1. The van der Waals surface area contributed by atoms with Gasteiger partial charge in [0.15, 0.2) is 5.78 Å². The molecule has 0 saturated heterocycles. The summed E-state index contributed by atoms with van der Waals surface area (Å²) in [4.78, 5) is 11.3. The Labute approximate surface area is 65.2 Å². The largest absolute Gasteiger partial charge is 0.511 e. The van der Waals surface area contributed by atoms with E-state index in [1.54, 1.807) is 6.92 Å². The molecule has 0 radical (unpaired) electrons. The number of allylic oxidation sites excluding steroid dienone is 3. The van der Waals surface area contributed by atoms with Gasteiger partial charge in [-0.25, -0.2) is 0 Å². The Morgan fingerprint density at radius 2 is 2.09 bits per heavy atom. The average Bonchev–Trinajstić information content (AvgIpc) is 2.44. The summed E-state index contributed by atoms with van der Waals surface area (Å²) in [6.07, 6.45) is 4.61. The second kappa shape index (κ2) is 1.97. The van der Waals surface area contributed by atoms with Gasteiger partial charge in [0, 0.05) is 17.4 Å². The number of rotatable bonds is 0. The Bertz CT molecular complexity index is 273. The summed E-state index contributed by atoms with van der Waals surface area (Å²) in [5.74, 6) is 0.543. The second-order valence-electron chi connectivity index (χ2n) is 3.21. The fourth-order valence-electron chi connectivity index (χ4n) is 1.78. The maximum absolute atomic E-state index is 11.3. The normalized spacial score (nSPS) is 35.2. The first-order chi connectivity index (χ1) is 5.20. The Kier molecular flexibility index (Phi) is 1.19. The van der Waals surface area contributed by atoms with E-state index in [1.165, 1.54) is 0 Å². The molecule has 0 aromatic carbocycles. The van der Waals surface area contributed by atoms with E-state index in [9.17, 15) is 9.90 Å². The molecule has 1 N–H and O–H groups in total. The summed E-state index contributed by atoms with van der Waals surface area (Å²) in [6.45, 7) is 1.70. The topological polar surface area (TPSA) is 37.3 Å². The lowest BCUT2D eigenvalue weighted by atomic mass is 9.86. The van der Waals surface area contributed by atoms with Crippen LogP contribution in [0.15, 0.2) is 23.5 Å². The van der Waals surface area contributed by atoms with Crippen molar-refractivity contribution in [2.24, 2.45) is 11.8 Å². The lowest BCUT2D eigenvalue weighted by molar-refractivity contribution is -0.118. The van der Waals surface area contributed by atoms with Crippen LogP contribution in [-0.2, 0) is 4.79 Å². The zero-order chi connectivity index (χ0) is 8.01. The summed E-state index contributed by atoms with van der Waals surface area (Å²) in [5.41, 5.74) is 0.552. The molecule has 2 atom stereocenters. The van der Waals surface area contributed by atoms with Crippen LogP contribution in [0.25, 0.3) is 0 Å². The molecule has 2 aliphatic rings. The molecular weight excluding hydrogens is 140 g/mol. The number of carbonyl (C=O) groups excluding carboxylic acids is 1. The standard InChI is InChI=1S/C9H10O2/c1-5-8(10)6-2-3-7(4-6)9(5)11/h2-3,6-7,10H,4H2,1H3. The quantitative estimate of drug-likeness (QED) is 0.532. The highest BCUT2D eigenvalue weighted by molar-refractivity contribution is 5.99. The number of hydrogen-bond acceptors (Lipinski definition) is 2. The predicted octanol–water partition coefficient (Wildman–Crippen LogP) is 1.59. The molecule has 0 aliphatic heterocycles. The third kappa shape index (κ3) is 0.754. The molecule has 0 heterocycles. The number of Topliss-reactive ketones (excluding diaryl/α,β-unsaturated/α-hetero) is 1. The number of ketones is 1. The Balaban J connectivity index is 2.49. The molecule has 2 heteroatoms. The fraction of sp³-hybridized carbons (Fsp3) is 0.444. The highest BCUT2D eigenvalue weighted by atomic mass is 16.3. The van der Waals surface area contributed by atoms with Gasteiger partial charge in [0.25, 0.3) is 0 Å². The summed E-state index contributed by atoms with van der Waals surface area (Å²) in [6, 6.07) is 0. The van der Waals surface area contributed by atoms with Crippen LogP contribution in [0.4, 0.5) is 0 Å². The Morgan fingerprint density at radius 1 is 1.45 bits per heavy atom. The maximum atomic E-state index is 11.3. The minimum Gasteiger partial charge on any atom is -0.511 e. The third-order valence-corrected chi connectivity index (χ3v) is 2.53. The maximum Gasteiger partial charge on any atom is 0.168 e. The number of carbonyl (C=O) groups is 1. The van der Waals surface area contributed by atoms with Crippen molar-refractivity contribution in [3.8, 4) is 0 Å². The minimum absolute atomic E-state index is 0.0518. The van der Waals surface area contributed by atoms with E-state index in [-0.39, 0.29) is 23.4 Å². The van der Waals surface area contributed by atoms with Crippen LogP contribution in [0, 0.1) is 11.8 Å². The molecule has 2 nitrogen and oxygen atoms in total. The molecule has 2 unspecified atom stereocenters. The van der Waals surface area contributed by atoms with E-state index < -0.39 is 0 Å². The van der Waals surface area contributed by atoms with Gasteiger partial charge in [-0.1, -0.05) is 12.2 Å². The van der Waals surface area contributed by atoms with Crippen molar-refractivity contribution in [2.75, 3.05) is 0 Å². The van der Waals surface area contributed by atoms with Crippen LogP contribution in [-0.4, -0.2) is 10.9 Å². The minimum atomic E-state index is 0.0518. The molecule has 2 bridgehead atoms. The van der Waals surface area contributed by atoms with Crippen LogP contribution in [0.3, 0.4) is 0 Å². The van der Waals surface area contributed by atoms with Gasteiger partial charge in [-0.2, -0.15) is 0 Å². The zero-order valence-electron chi connectivity index (χ0n) is 6.37. The highest BCUT2D eigenvalue weighted by Gasteiger charge is 2.34. The molecule has 0 saturated carbocycles. The van der Waals surface area contributed by atoms with Crippen molar-refractivity contribution in [3.63, 3.8) is 0 Å². The van der Waals surface area contributed by atoms with Crippen molar-refractivity contribution in [1.29, 1.82) is 0 Å². The van der Waals surface area contributed by atoms with Crippen LogP contribution < -0.4 is 0 Å². The molecule has 2 aliphatic carbocycles. The van der Waals surface area contributed by atoms with Gasteiger partial charge >= 0.3 is 0 Å². The number of fused-ring (bicyclic) bond motifs is 2. The molecule has 2 rings (SSSR count). The van der Waals surface area contributed by atoms with Crippen LogP contribution >= 0.6 is 0 Å². The summed E-state index contributed by atoms with van der Waals surface area (Å²) >= 11 is 0. The predicted molar refractivity (Wildman–Crippen MR) is 41.1 cm³/mol. The molecule has 0 aromatic rings. The molecule has 0 spiro atoms. The first kappa shape index (κ1) is 6.65. The van der Waals surface area contributed by atoms with Gasteiger partial charge in [-0.15, -0.1) is 0 Å². The second-order valence-corrected chi connectivity index (χ2v) is 3.21. The van der Waals surface area contributed by atoms with Crippen molar-refractivity contribution in [3.05, 3.63) is 23.5 Å². The van der Waals surface area contributed by atoms with E-state index in [0.717, 1.165) is 6.42 Å². The van der Waals surface area contributed by atoms with Gasteiger partial charge in [0.1, 0.15) is 5.76 Å². The number of aliphatic hydroxyl groups is 1. The first-order valence-electron chi connectivity index (χ1n) is 3.82. The van der Waals surface area contributed by atoms with E-state index in [4.69, 9.17) is 0 Å². The zero-order valence-corrected chi connectivity index (χ0v) is 6.37. The van der Waals surface area contributed by atoms with E-state index in [1.807, 2.05) is 12.2 Å². The fourth-order valence-corrected chi connectivity index (χ4v) is 1.78. The summed E-state index contributed by atoms with van der Waals surface area (Å²) < 4.78 is 0. The molecular formula is C9H10O2. The molecule has 0 amide bonds. The highest BCUT2D eigenvalue weighted by Crippen LogP contribution is 2.36. The molecule has 0 aromatic heterocycles. The van der Waals surface area contributed by atoms with E-state index in [2.05, 4.69) is 0 Å². The first-order valence-corrected chi connectivity index (χ1v) is 3.82. The van der Waals surface area contributed by atoms with Crippen LogP contribution in [0.2, 0.25) is 0 Å². The van der Waals surface area contributed by atoms with Gasteiger partial charge in [0.05, 0.1) is 0 Å². The van der Waals surface area contributed by atoms with Crippen LogP contribution in [0.5, 0.6) is 0 Å². The third-order valence-electron chi connectivity index (χ3n) is 2.53. The van der Waals surface area contributed by atoms with Crippen molar-refractivity contribution in [2.45, 2.75) is 13.3 Å². The molecule has 58 valence electrons. The van der Waals surface area contributed by atoms with E-state index in [0.29, 0.717) is 5.57 Å². The average molecular weight is 150 g/mol. The van der Waals surface area contributed by atoms with Gasteiger partial charge in [0.2, 0.25) is 0 Å². The molecule has 11 heavy (non-hydrogen) atoms. The lowest BCUT2D eigenvalue weighted by Gasteiger charge is -2.19. The van der Waals surface area contributed by atoms with E-state index >= 15 is 0 Å². The van der Waals surface area contributed by atoms with Gasteiger partial charge < -0.3 is 5.11 Å².